The molecule has 0 aliphatic rings. The van der Waals surface area contributed by atoms with E-state index >= 15 is 0 Å². The summed E-state index contributed by atoms with van der Waals surface area (Å²) in [4.78, 5) is 20.6. The van der Waals surface area contributed by atoms with E-state index in [0.29, 0.717) is 16.4 Å². The lowest BCUT2D eigenvalue weighted by Gasteiger charge is -2.06. The lowest BCUT2D eigenvalue weighted by molar-refractivity contribution is 0.103. The van der Waals surface area contributed by atoms with Crippen molar-refractivity contribution in [1.29, 1.82) is 0 Å². The molecule has 0 amide bonds. The van der Waals surface area contributed by atoms with Crippen molar-refractivity contribution < 1.29 is 4.79 Å². The molecule has 5 heteroatoms. The van der Waals surface area contributed by atoms with Crippen LogP contribution < -0.4 is 0 Å². The van der Waals surface area contributed by atoms with Gasteiger partial charge >= 0.3 is 0 Å². The molecule has 2 aromatic rings. The van der Waals surface area contributed by atoms with Crippen LogP contribution in [0.25, 0.3) is 0 Å². The smallest absolute Gasteiger partial charge is 0.212 e. The Morgan fingerprint density at radius 1 is 1.33 bits per heavy atom. The van der Waals surface area contributed by atoms with Crippen LogP contribution in [-0.4, -0.2) is 22.0 Å². The van der Waals surface area contributed by atoms with Gasteiger partial charge in [0.25, 0.3) is 0 Å². The minimum Gasteiger partial charge on any atom is -0.287 e. The fourth-order valence-corrected chi connectivity index (χ4v) is 2.33. The highest BCUT2D eigenvalue weighted by molar-refractivity contribution is 9.10. The van der Waals surface area contributed by atoms with E-state index in [4.69, 9.17) is 0 Å². The molecule has 92 valence electrons. The van der Waals surface area contributed by atoms with Gasteiger partial charge < -0.3 is 0 Å². The van der Waals surface area contributed by atoms with E-state index in [1.807, 2.05) is 25.3 Å². The van der Waals surface area contributed by atoms with Gasteiger partial charge in [0.05, 0.1) is 0 Å². The van der Waals surface area contributed by atoms with Crippen molar-refractivity contribution >= 4 is 33.5 Å². The second-order valence-corrected chi connectivity index (χ2v) is 5.26. The summed E-state index contributed by atoms with van der Waals surface area (Å²) >= 11 is 4.86. The first-order valence-corrected chi connectivity index (χ1v) is 7.32. The van der Waals surface area contributed by atoms with Crippen LogP contribution in [0.1, 0.15) is 21.6 Å². The van der Waals surface area contributed by atoms with Crippen LogP contribution in [0, 0.1) is 6.92 Å². The maximum Gasteiger partial charge on any atom is 0.212 e. The van der Waals surface area contributed by atoms with Crippen LogP contribution in [0.3, 0.4) is 0 Å². The van der Waals surface area contributed by atoms with E-state index in [2.05, 4.69) is 25.9 Å². The molecule has 18 heavy (non-hydrogen) atoms. The zero-order valence-electron chi connectivity index (χ0n) is 9.98. The first-order chi connectivity index (χ1) is 8.63. The first-order valence-electron chi connectivity index (χ1n) is 5.30. The average molecular weight is 323 g/mol. The Kier molecular flexibility index (Phi) is 4.14. The molecule has 0 radical (unpaired) electrons. The Morgan fingerprint density at radius 2 is 2.11 bits per heavy atom. The number of thioether (sulfide) groups is 1. The van der Waals surface area contributed by atoms with Crippen molar-refractivity contribution in [2.75, 3.05) is 6.26 Å². The van der Waals surface area contributed by atoms with Gasteiger partial charge in [0.2, 0.25) is 5.78 Å². The highest BCUT2D eigenvalue weighted by atomic mass is 79.9. The summed E-state index contributed by atoms with van der Waals surface area (Å²) in [5, 5.41) is 0.602. The fraction of sp³-hybridized carbons (Fsp3) is 0.154. The Morgan fingerprint density at radius 3 is 2.83 bits per heavy atom. The number of rotatable bonds is 3. The topological polar surface area (TPSA) is 42.9 Å². The third kappa shape index (κ3) is 2.62. The largest absolute Gasteiger partial charge is 0.287 e. The number of carbonyl (C=O) groups excluding carboxylic acids is 1. The van der Waals surface area contributed by atoms with Gasteiger partial charge in [-0.05, 0) is 46.8 Å². The molecule has 0 aliphatic carbocycles. The number of hydrogen-bond donors (Lipinski definition) is 0. The normalized spacial score (nSPS) is 10.4. The van der Waals surface area contributed by atoms with Crippen molar-refractivity contribution in [1.82, 2.24) is 9.97 Å². The molecule has 0 unspecified atom stereocenters. The van der Waals surface area contributed by atoms with Crippen LogP contribution in [0.2, 0.25) is 0 Å². The summed E-state index contributed by atoms with van der Waals surface area (Å²) in [5.74, 6) is -0.0942. The van der Waals surface area contributed by atoms with E-state index in [0.717, 1.165) is 10.0 Å². The van der Waals surface area contributed by atoms with Crippen molar-refractivity contribution in [3.63, 3.8) is 0 Å². The van der Waals surface area contributed by atoms with Gasteiger partial charge in [-0.25, -0.2) is 9.97 Å². The van der Waals surface area contributed by atoms with Crippen LogP contribution in [0.15, 0.2) is 40.1 Å². The Hall–Kier alpha value is -1.20. The number of hydrogen-bond acceptors (Lipinski definition) is 4. The van der Waals surface area contributed by atoms with Crippen molar-refractivity contribution in [2.45, 2.75) is 12.1 Å². The van der Waals surface area contributed by atoms with Gasteiger partial charge in [-0.15, -0.1) is 0 Å². The van der Waals surface area contributed by atoms with Gasteiger partial charge in [0.1, 0.15) is 5.69 Å². The number of benzene rings is 1. The molecule has 0 aliphatic heterocycles. The molecular weight excluding hydrogens is 312 g/mol. The highest BCUT2D eigenvalue weighted by Gasteiger charge is 2.15. The zero-order valence-corrected chi connectivity index (χ0v) is 12.4. The zero-order chi connectivity index (χ0) is 13.1. The lowest BCUT2D eigenvalue weighted by atomic mass is 10.1. The van der Waals surface area contributed by atoms with Crippen molar-refractivity contribution in [3.8, 4) is 0 Å². The molecule has 1 aromatic carbocycles. The van der Waals surface area contributed by atoms with Crippen molar-refractivity contribution in [3.05, 3.63) is 51.8 Å². The second-order valence-electron chi connectivity index (χ2n) is 3.69. The standard InChI is InChI=1S/C13H11BrN2OS/c1-8-4-3-5-9(11(8)14)12(17)10-6-7-15-13(16-10)18-2/h3-7H,1-2H3. The molecule has 3 nitrogen and oxygen atoms in total. The summed E-state index contributed by atoms with van der Waals surface area (Å²) in [6.07, 6.45) is 3.49. The number of aromatic nitrogens is 2. The molecule has 0 bridgehead atoms. The van der Waals surface area contributed by atoms with E-state index < -0.39 is 0 Å². The maximum atomic E-state index is 12.4. The quantitative estimate of drug-likeness (QED) is 0.493. The molecule has 2 rings (SSSR count). The van der Waals surface area contributed by atoms with Gasteiger partial charge in [-0.1, -0.05) is 23.9 Å². The third-order valence-electron chi connectivity index (χ3n) is 2.49. The lowest BCUT2D eigenvalue weighted by Crippen LogP contribution is -2.06. The number of halogens is 1. The molecule has 0 saturated heterocycles. The van der Waals surface area contributed by atoms with E-state index in [9.17, 15) is 4.79 Å². The Balaban J connectivity index is 2.44. The predicted molar refractivity (Wildman–Crippen MR) is 76.1 cm³/mol. The summed E-state index contributed by atoms with van der Waals surface area (Å²) in [7, 11) is 0. The van der Waals surface area contributed by atoms with E-state index in [-0.39, 0.29) is 5.78 Å². The van der Waals surface area contributed by atoms with Gasteiger partial charge in [-0.3, -0.25) is 4.79 Å². The molecule has 0 spiro atoms. The monoisotopic (exact) mass is 322 g/mol. The summed E-state index contributed by atoms with van der Waals surface area (Å²) in [6.45, 7) is 1.95. The van der Waals surface area contributed by atoms with Gasteiger partial charge in [0.15, 0.2) is 5.16 Å². The molecule has 1 heterocycles. The van der Waals surface area contributed by atoms with Crippen molar-refractivity contribution in [2.24, 2.45) is 0 Å². The SMILES string of the molecule is CSc1nccc(C(=O)c2cccc(C)c2Br)n1. The second kappa shape index (κ2) is 5.63. The van der Waals surface area contributed by atoms with Crippen LogP contribution in [0.4, 0.5) is 0 Å². The number of ketones is 1. The molecular formula is C13H11BrN2OS. The first kappa shape index (κ1) is 13.2. The van der Waals surface area contributed by atoms with E-state index in [1.54, 1.807) is 18.3 Å². The highest BCUT2D eigenvalue weighted by Crippen LogP contribution is 2.23. The predicted octanol–water partition coefficient (Wildman–Crippen LogP) is 3.50. The van der Waals surface area contributed by atoms with Crippen LogP contribution >= 0.6 is 27.7 Å². The molecule has 0 atom stereocenters. The third-order valence-corrected chi connectivity index (χ3v) is 4.10. The Bertz CT molecular complexity index is 601. The molecule has 1 aromatic heterocycles. The van der Waals surface area contributed by atoms with Gasteiger partial charge in [0, 0.05) is 16.2 Å². The summed E-state index contributed by atoms with van der Waals surface area (Å²) in [5.41, 5.74) is 2.07. The number of aryl methyl sites for hydroxylation is 1. The number of nitrogens with zero attached hydrogens (tertiary/aromatic N) is 2. The number of carbonyl (C=O) groups is 1. The van der Waals surface area contributed by atoms with Gasteiger partial charge in [-0.2, -0.15) is 0 Å². The molecule has 0 fully saturated rings. The van der Waals surface area contributed by atoms with Crippen LogP contribution in [-0.2, 0) is 0 Å². The molecule has 0 saturated carbocycles. The van der Waals surface area contributed by atoms with Crippen LogP contribution in [0.5, 0.6) is 0 Å². The Labute approximate surface area is 118 Å². The molecule has 0 N–H and O–H groups in total. The summed E-state index contributed by atoms with van der Waals surface area (Å²) in [6, 6.07) is 7.25. The fourth-order valence-electron chi connectivity index (χ4n) is 1.53. The maximum absolute atomic E-state index is 12.4. The van der Waals surface area contributed by atoms with E-state index in [1.165, 1.54) is 11.8 Å². The minimum atomic E-state index is -0.0942. The minimum absolute atomic E-state index is 0.0942. The summed E-state index contributed by atoms with van der Waals surface area (Å²) < 4.78 is 0.819. The average Bonchev–Trinajstić information content (AvgIpc) is 2.41.